The minimum absolute atomic E-state index is 0.172. The molecular formula is C11H15BrN2O2. The first-order valence-corrected chi connectivity index (χ1v) is 5.81. The van der Waals surface area contributed by atoms with E-state index in [1.165, 1.54) is 0 Å². The lowest BCUT2D eigenvalue weighted by Crippen LogP contribution is -2.29. The zero-order valence-corrected chi connectivity index (χ0v) is 10.7. The Kier molecular flexibility index (Phi) is 5.28. The fourth-order valence-corrected chi connectivity index (χ4v) is 1.56. The SMILES string of the molecule is Cc1ccc(Br)cc1OCCCC(=O)NN. The number of carbonyl (C=O) groups excluding carboxylic acids is 1. The highest BCUT2D eigenvalue weighted by molar-refractivity contribution is 9.10. The van der Waals surface area contributed by atoms with Gasteiger partial charge in [-0.3, -0.25) is 10.2 Å². The monoisotopic (exact) mass is 286 g/mol. The Balaban J connectivity index is 2.37. The normalized spacial score (nSPS) is 9.94. The summed E-state index contributed by atoms with van der Waals surface area (Å²) in [6.07, 6.45) is 1.03. The summed E-state index contributed by atoms with van der Waals surface area (Å²) in [4.78, 5) is 10.8. The van der Waals surface area contributed by atoms with Gasteiger partial charge in [0.15, 0.2) is 0 Å². The summed E-state index contributed by atoms with van der Waals surface area (Å²) in [5.74, 6) is 5.63. The molecule has 88 valence electrons. The molecule has 16 heavy (non-hydrogen) atoms. The third-order valence-corrected chi connectivity index (χ3v) is 2.61. The summed E-state index contributed by atoms with van der Waals surface area (Å²) in [5, 5.41) is 0. The molecular weight excluding hydrogens is 272 g/mol. The van der Waals surface area contributed by atoms with Crippen molar-refractivity contribution < 1.29 is 9.53 Å². The maximum absolute atomic E-state index is 10.8. The Hall–Kier alpha value is -1.07. The van der Waals surface area contributed by atoms with Crippen molar-refractivity contribution in [3.05, 3.63) is 28.2 Å². The van der Waals surface area contributed by atoms with Crippen LogP contribution >= 0.6 is 15.9 Å². The molecule has 0 saturated heterocycles. The molecule has 0 aliphatic rings. The number of nitrogens with two attached hydrogens (primary N) is 1. The third-order valence-electron chi connectivity index (χ3n) is 2.12. The van der Waals surface area contributed by atoms with E-state index < -0.39 is 0 Å². The number of hydrogen-bond acceptors (Lipinski definition) is 3. The average Bonchev–Trinajstić information content (AvgIpc) is 2.28. The Labute approximate surface area is 103 Å². The second-order valence-electron chi connectivity index (χ2n) is 3.43. The number of amides is 1. The molecule has 1 aromatic carbocycles. The highest BCUT2D eigenvalue weighted by Gasteiger charge is 2.02. The number of aryl methyl sites for hydroxylation is 1. The summed E-state index contributed by atoms with van der Waals surface area (Å²) in [5.41, 5.74) is 3.16. The van der Waals surface area contributed by atoms with Crippen molar-refractivity contribution in [2.45, 2.75) is 19.8 Å². The van der Waals surface area contributed by atoms with E-state index in [2.05, 4.69) is 21.4 Å². The van der Waals surface area contributed by atoms with Crippen LogP contribution in [0.1, 0.15) is 18.4 Å². The summed E-state index contributed by atoms with van der Waals surface area (Å²) in [6.45, 7) is 2.49. The summed E-state index contributed by atoms with van der Waals surface area (Å²) in [6, 6.07) is 5.86. The molecule has 0 saturated carbocycles. The van der Waals surface area contributed by atoms with Crippen molar-refractivity contribution in [1.29, 1.82) is 0 Å². The van der Waals surface area contributed by atoms with Crippen molar-refractivity contribution >= 4 is 21.8 Å². The van der Waals surface area contributed by atoms with Gasteiger partial charge in [0.2, 0.25) is 5.91 Å². The van der Waals surface area contributed by atoms with Gasteiger partial charge in [0.05, 0.1) is 6.61 Å². The van der Waals surface area contributed by atoms with E-state index in [9.17, 15) is 4.79 Å². The van der Waals surface area contributed by atoms with Gasteiger partial charge < -0.3 is 4.74 Å². The molecule has 1 amide bonds. The van der Waals surface area contributed by atoms with Crippen LogP contribution in [0.3, 0.4) is 0 Å². The Morgan fingerprint density at radius 3 is 3.00 bits per heavy atom. The quantitative estimate of drug-likeness (QED) is 0.376. The third kappa shape index (κ3) is 4.20. The van der Waals surface area contributed by atoms with Gasteiger partial charge in [0, 0.05) is 10.9 Å². The number of halogens is 1. The molecule has 0 spiro atoms. The van der Waals surface area contributed by atoms with Gasteiger partial charge >= 0.3 is 0 Å². The molecule has 0 aromatic heterocycles. The maximum atomic E-state index is 10.8. The van der Waals surface area contributed by atoms with E-state index in [1.54, 1.807) is 0 Å². The van der Waals surface area contributed by atoms with E-state index in [0.717, 1.165) is 15.8 Å². The minimum Gasteiger partial charge on any atom is -0.493 e. The molecule has 4 nitrogen and oxygen atoms in total. The second-order valence-corrected chi connectivity index (χ2v) is 4.35. The molecule has 3 N–H and O–H groups in total. The predicted octanol–water partition coefficient (Wildman–Crippen LogP) is 1.91. The first-order valence-electron chi connectivity index (χ1n) is 5.02. The van der Waals surface area contributed by atoms with Crippen LogP contribution in [-0.2, 0) is 4.79 Å². The number of nitrogens with one attached hydrogen (secondary N) is 1. The lowest BCUT2D eigenvalue weighted by molar-refractivity contribution is -0.121. The van der Waals surface area contributed by atoms with E-state index in [1.807, 2.05) is 25.1 Å². The summed E-state index contributed by atoms with van der Waals surface area (Å²) < 4.78 is 6.54. The number of ether oxygens (including phenoxy) is 1. The molecule has 0 aliphatic heterocycles. The average molecular weight is 287 g/mol. The molecule has 1 aromatic rings. The summed E-state index contributed by atoms with van der Waals surface area (Å²) in [7, 11) is 0. The number of rotatable bonds is 5. The van der Waals surface area contributed by atoms with Crippen LogP contribution in [0.5, 0.6) is 5.75 Å². The van der Waals surface area contributed by atoms with E-state index in [4.69, 9.17) is 10.6 Å². The molecule has 0 radical (unpaired) electrons. The number of hydrogen-bond donors (Lipinski definition) is 2. The van der Waals surface area contributed by atoms with Gasteiger partial charge in [0.1, 0.15) is 5.75 Å². The van der Waals surface area contributed by atoms with E-state index in [0.29, 0.717) is 19.4 Å². The number of hydrazine groups is 1. The number of benzene rings is 1. The lowest BCUT2D eigenvalue weighted by atomic mass is 10.2. The maximum Gasteiger partial charge on any atom is 0.234 e. The van der Waals surface area contributed by atoms with Crippen LogP contribution in [0.25, 0.3) is 0 Å². The highest BCUT2D eigenvalue weighted by atomic mass is 79.9. The fourth-order valence-electron chi connectivity index (χ4n) is 1.22. The zero-order chi connectivity index (χ0) is 12.0. The van der Waals surface area contributed by atoms with Gasteiger partial charge in [-0.05, 0) is 31.0 Å². The van der Waals surface area contributed by atoms with Crippen LogP contribution < -0.4 is 16.0 Å². The molecule has 0 aliphatic carbocycles. The van der Waals surface area contributed by atoms with Crippen molar-refractivity contribution in [3.63, 3.8) is 0 Å². The van der Waals surface area contributed by atoms with Gasteiger partial charge in [0.25, 0.3) is 0 Å². The fraction of sp³-hybridized carbons (Fsp3) is 0.364. The topological polar surface area (TPSA) is 64.3 Å². The summed E-state index contributed by atoms with van der Waals surface area (Å²) >= 11 is 3.38. The Bertz CT molecular complexity index is 369. The Morgan fingerprint density at radius 1 is 1.56 bits per heavy atom. The first kappa shape index (κ1) is 13.0. The van der Waals surface area contributed by atoms with Crippen LogP contribution in [0.4, 0.5) is 0 Å². The molecule has 0 heterocycles. The van der Waals surface area contributed by atoms with Crippen molar-refractivity contribution in [1.82, 2.24) is 5.43 Å². The van der Waals surface area contributed by atoms with E-state index >= 15 is 0 Å². The largest absolute Gasteiger partial charge is 0.493 e. The Morgan fingerprint density at radius 2 is 2.31 bits per heavy atom. The second kappa shape index (κ2) is 6.50. The lowest BCUT2D eigenvalue weighted by Gasteiger charge is -2.09. The van der Waals surface area contributed by atoms with Crippen molar-refractivity contribution in [3.8, 4) is 5.75 Å². The van der Waals surface area contributed by atoms with Gasteiger partial charge in [-0.15, -0.1) is 0 Å². The molecule has 0 atom stereocenters. The number of carbonyl (C=O) groups is 1. The first-order chi connectivity index (χ1) is 7.63. The predicted molar refractivity (Wildman–Crippen MR) is 65.9 cm³/mol. The van der Waals surface area contributed by atoms with Crippen molar-refractivity contribution in [2.75, 3.05) is 6.61 Å². The highest BCUT2D eigenvalue weighted by Crippen LogP contribution is 2.22. The van der Waals surface area contributed by atoms with Crippen LogP contribution in [0.2, 0.25) is 0 Å². The van der Waals surface area contributed by atoms with Crippen molar-refractivity contribution in [2.24, 2.45) is 5.84 Å². The van der Waals surface area contributed by atoms with E-state index in [-0.39, 0.29) is 5.91 Å². The zero-order valence-electron chi connectivity index (χ0n) is 9.13. The van der Waals surface area contributed by atoms with Gasteiger partial charge in [-0.1, -0.05) is 22.0 Å². The van der Waals surface area contributed by atoms with Crippen LogP contribution in [0.15, 0.2) is 22.7 Å². The standard InChI is InChI=1S/C11H15BrN2O2/c1-8-4-5-9(12)7-10(8)16-6-2-3-11(15)14-13/h4-5,7H,2-3,6,13H2,1H3,(H,14,15). The van der Waals surface area contributed by atoms with Crippen LogP contribution in [-0.4, -0.2) is 12.5 Å². The van der Waals surface area contributed by atoms with Gasteiger partial charge in [-0.2, -0.15) is 0 Å². The molecule has 5 heteroatoms. The molecule has 0 unspecified atom stereocenters. The smallest absolute Gasteiger partial charge is 0.234 e. The molecule has 1 rings (SSSR count). The van der Waals surface area contributed by atoms with Crippen LogP contribution in [0, 0.1) is 6.92 Å². The molecule has 0 bridgehead atoms. The van der Waals surface area contributed by atoms with Gasteiger partial charge in [-0.25, -0.2) is 5.84 Å². The minimum atomic E-state index is -0.172. The molecule has 0 fully saturated rings.